The Kier molecular flexibility index (Phi) is 6.08. The highest BCUT2D eigenvalue weighted by molar-refractivity contribution is 8.02. The van der Waals surface area contributed by atoms with E-state index in [9.17, 15) is 18.0 Å². The highest BCUT2D eigenvalue weighted by Gasteiger charge is 2.28. The van der Waals surface area contributed by atoms with Crippen molar-refractivity contribution in [1.82, 2.24) is 5.32 Å². The molecule has 0 aromatic rings. The van der Waals surface area contributed by atoms with Gasteiger partial charge in [-0.3, -0.25) is 4.79 Å². The highest BCUT2D eigenvalue weighted by atomic mass is 32.2. The lowest BCUT2D eigenvalue weighted by atomic mass is 10.3. The van der Waals surface area contributed by atoms with Crippen LogP contribution in [0.25, 0.3) is 0 Å². The average Bonchev–Trinajstić information content (AvgIpc) is 2.67. The van der Waals surface area contributed by atoms with E-state index in [1.807, 2.05) is 0 Å². The minimum atomic E-state index is -2.93. The molecule has 1 fully saturated rings. The van der Waals surface area contributed by atoms with E-state index < -0.39 is 21.9 Å². The fourth-order valence-corrected chi connectivity index (χ4v) is 5.09. The molecule has 1 aliphatic rings. The quantitative estimate of drug-likeness (QED) is 0.628. The molecule has 110 valence electrons. The van der Waals surface area contributed by atoms with Gasteiger partial charge in [0.25, 0.3) is 0 Å². The van der Waals surface area contributed by atoms with Crippen LogP contribution in [-0.4, -0.2) is 67.7 Å². The number of aliphatic carboxylic acids is 1. The Labute approximate surface area is 116 Å². The van der Waals surface area contributed by atoms with E-state index in [0.717, 1.165) is 0 Å². The summed E-state index contributed by atoms with van der Waals surface area (Å²) in [5, 5.41) is 11.1. The number of carbonyl (C=O) groups is 2. The van der Waals surface area contributed by atoms with Crippen molar-refractivity contribution < 1.29 is 27.9 Å². The van der Waals surface area contributed by atoms with Crippen LogP contribution in [0.4, 0.5) is 0 Å². The molecule has 2 atom stereocenters. The van der Waals surface area contributed by atoms with Gasteiger partial charge in [-0.2, -0.15) is 0 Å². The van der Waals surface area contributed by atoms with Gasteiger partial charge in [0.1, 0.15) is 0 Å². The van der Waals surface area contributed by atoms with Gasteiger partial charge in [0, 0.05) is 12.4 Å². The van der Waals surface area contributed by atoms with Gasteiger partial charge >= 0.3 is 5.97 Å². The third kappa shape index (κ3) is 5.79. The number of carboxylic acids is 1. The zero-order chi connectivity index (χ0) is 14.5. The van der Waals surface area contributed by atoms with Crippen molar-refractivity contribution in [2.24, 2.45) is 0 Å². The number of nitrogens with one attached hydrogen (secondary N) is 1. The second-order valence-corrected chi connectivity index (χ2v) is 7.72. The van der Waals surface area contributed by atoms with E-state index in [0.29, 0.717) is 6.42 Å². The van der Waals surface area contributed by atoms with Crippen molar-refractivity contribution in [2.75, 3.05) is 30.9 Å². The molecule has 0 spiro atoms. The number of sulfone groups is 1. The van der Waals surface area contributed by atoms with Crippen LogP contribution in [0.1, 0.15) is 6.42 Å². The number of hydrogen-bond acceptors (Lipinski definition) is 6. The van der Waals surface area contributed by atoms with E-state index in [1.165, 1.54) is 18.9 Å². The van der Waals surface area contributed by atoms with E-state index in [4.69, 9.17) is 5.11 Å². The summed E-state index contributed by atoms with van der Waals surface area (Å²) in [6.07, 6.45) is -0.503. The topological polar surface area (TPSA) is 110 Å². The molecule has 1 aliphatic heterocycles. The molecule has 7 nitrogen and oxygen atoms in total. The molecular weight excluding hydrogens is 294 g/mol. The van der Waals surface area contributed by atoms with Crippen molar-refractivity contribution in [2.45, 2.75) is 17.8 Å². The zero-order valence-corrected chi connectivity index (χ0v) is 12.1. The first-order chi connectivity index (χ1) is 8.84. The Balaban J connectivity index is 2.23. The number of ether oxygens (including phenoxy) is 1. The van der Waals surface area contributed by atoms with Crippen LogP contribution < -0.4 is 5.32 Å². The monoisotopic (exact) mass is 311 g/mol. The van der Waals surface area contributed by atoms with Gasteiger partial charge in [-0.05, 0) is 6.42 Å². The lowest BCUT2D eigenvalue weighted by Gasteiger charge is -2.12. The third-order valence-electron chi connectivity index (χ3n) is 2.69. The molecular formula is C10H17NO6S2. The van der Waals surface area contributed by atoms with Gasteiger partial charge in [-0.1, -0.05) is 0 Å². The van der Waals surface area contributed by atoms with E-state index >= 15 is 0 Å². The van der Waals surface area contributed by atoms with Crippen LogP contribution in [0.15, 0.2) is 0 Å². The molecule has 0 radical (unpaired) electrons. The van der Waals surface area contributed by atoms with Gasteiger partial charge in [0.05, 0.1) is 23.8 Å². The summed E-state index contributed by atoms with van der Waals surface area (Å²) in [4.78, 5) is 22.1. The van der Waals surface area contributed by atoms with E-state index in [2.05, 4.69) is 10.1 Å². The molecule has 2 unspecified atom stereocenters. The highest BCUT2D eigenvalue weighted by Crippen LogP contribution is 2.23. The molecule has 2 N–H and O–H groups in total. The molecule has 0 aromatic heterocycles. The zero-order valence-electron chi connectivity index (χ0n) is 10.5. The Bertz CT molecular complexity index is 435. The SMILES string of the molecule is COC(CNC(=O)CSC1CCS(=O)(=O)C1)C(=O)O. The summed E-state index contributed by atoms with van der Waals surface area (Å²) in [7, 11) is -1.68. The van der Waals surface area contributed by atoms with Gasteiger partial charge in [-0.15, -0.1) is 11.8 Å². The molecule has 1 amide bonds. The minimum absolute atomic E-state index is 0.0477. The maximum absolute atomic E-state index is 11.5. The van der Waals surface area contributed by atoms with Crippen molar-refractivity contribution in [3.05, 3.63) is 0 Å². The normalized spacial score (nSPS) is 22.9. The van der Waals surface area contributed by atoms with Crippen LogP contribution in [-0.2, 0) is 24.2 Å². The molecule has 0 bridgehead atoms. The largest absolute Gasteiger partial charge is 0.479 e. The summed E-state index contributed by atoms with van der Waals surface area (Å²) in [5.74, 6) is -1.05. The van der Waals surface area contributed by atoms with Crippen molar-refractivity contribution >= 4 is 33.5 Å². The Morgan fingerprint density at radius 3 is 2.68 bits per heavy atom. The fraction of sp³-hybridized carbons (Fsp3) is 0.800. The Morgan fingerprint density at radius 1 is 1.53 bits per heavy atom. The summed E-state index contributed by atoms with van der Waals surface area (Å²) in [5.41, 5.74) is 0. The molecule has 0 aliphatic carbocycles. The number of carbonyl (C=O) groups excluding carboxylic acids is 1. The predicted molar refractivity (Wildman–Crippen MR) is 71.0 cm³/mol. The number of carboxylic acid groups (broad SMARTS) is 1. The molecule has 9 heteroatoms. The van der Waals surface area contributed by atoms with Crippen molar-refractivity contribution in [3.8, 4) is 0 Å². The maximum Gasteiger partial charge on any atom is 0.334 e. The minimum Gasteiger partial charge on any atom is -0.479 e. The molecule has 1 rings (SSSR count). The lowest BCUT2D eigenvalue weighted by molar-refractivity contribution is -0.148. The van der Waals surface area contributed by atoms with Crippen LogP contribution in [0, 0.1) is 0 Å². The van der Waals surface area contributed by atoms with Gasteiger partial charge < -0.3 is 15.2 Å². The van der Waals surface area contributed by atoms with Crippen molar-refractivity contribution in [3.63, 3.8) is 0 Å². The number of methoxy groups -OCH3 is 1. The number of hydrogen-bond donors (Lipinski definition) is 2. The van der Waals surface area contributed by atoms with E-state index in [1.54, 1.807) is 0 Å². The number of thioether (sulfide) groups is 1. The van der Waals surface area contributed by atoms with Crippen molar-refractivity contribution in [1.29, 1.82) is 0 Å². The fourth-order valence-electron chi connectivity index (χ4n) is 1.61. The summed E-state index contributed by atoms with van der Waals surface area (Å²) < 4.78 is 27.1. The Hall–Kier alpha value is -0.800. The van der Waals surface area contributed by atoms with Crippen LogP contribution in [0.3, 0.4) is 0 Å². The molecule has 19 heavy (non-hydrogen) atoms. The summed E-state index contributed by atoms with van der Waals surface area (Å²) in [6.45, 7) is -0.103. The first-order valence-electron chi connectivity index (χ1n) is 5.68. The van der Waals surface area contributed by atoms with Crippen LogP contribution in [0.5, 0.6) is 0 Å². The number of amides is 1. The van der Waals surface area contributed by atoms with Crippen LogP contribution >= 0.6 is 11.8 Å². The molecule has 1 heterocycles. The van der Waals surface area contributed by atoms with Gasteiger partial charge in [-0.25, -0.2) is 13.2 Å². The molecule has 0 saturated carbocycles. The standard InChI is InChI=1S/C10H17NO6S2/c1-17-8(10(13)14)4-11-9(12)5-18-7-2-3-19(15,16)6-7/h7-8H,2-6H2,1H3,(H,11,12)(H,13,14). The Morgan fingerprint density at radius 2 is 2.21 bits per heavy atom. The average molecular weight is 311 g/mol. The third-order valence-corrected chi connectivity index (χ3v) is 5.97. The number of rotatable bonds is 7. The molecule has 0 aromatic carbocycles. The summed E-state index contributed by atoms with van der Waals surface area (Å²) in [6, 6.07) is 0. The predicted octanol–water partition coefficient (Wildman–Crippen LogP) is -0.877. The van der Waals surface area contributed by atoms with Crippen LogP contribution in [0.2, 0.25) is 0 Å². The van der Waals surface area contributed by atoms with Gasteiger partial charge in [0.2, 0.25) is 5.91 Å². The first-order valence-corrected chi connectivity index (χ1v) is 8.55. The maximum atomic E-state index is 11.5. The van der Waals surface area contributed by atoms with E-state index in [-0.39, 0.29) is 35.0 Å². The first kappa shape index (κ1) is 16.3. The smallest absolute Gasteiger partial charge is 0.334 e. The molecule has 1 saturated heterocycles. The summed E-state index contributed by atoms with van der Waals surface area (Å²) >= 11 is 1.28. The van der Waals surface area contributed by atoms with Gasteiger partial charge in [0.15, 0.2) is 15.9 Å². The lowest BCUT2D eigenvalue weighted by Crippen LogP contribution is -2.38. The second-order valence-electron chi connectivity index (χ2n) is 4.20. The second kappa shape index (κ2) is 7.11.